The molecule has 0 bridgehead atoms. The van der Waals surface area contributed by atoms with Crippen molar-refractivity contribution in [3.05, 3.63) is 42.5 Å². The maximum atomic E-state index is 5.65. The van der Waals surface area contributed by atoms with Gasteiger partial charge in [0.2, 0.25) is 0 Å². The highest BCUT2D eigenvalue weighted by Gasteiger charge is 2.05. The zero-order valence-corrected chi connectivity index (χ0v) is 9.87. The SMILES string of the molecule is COc1ccc2nn(-c3ccc(N)cc3)nc2c1. The van der Waals surface area contributed by atoms with Gasteiger partial charge < -0.3 is 10.5 Å². The molecule has 0 aliphatic rings. The number of fused-ring (bicyclic) bond motifs is 1. The number of aromatic nitrogens is 3. The number of methoxy groups -OCH3 is 1. The zero-order chi connectivity index (χ0) is 12.5. The highest BCUT2D eigenvalue weighted by molar-refractivity contribution is 5.75. The average molecular weight is 240 g/mol. The minimum Gasteiger partial charge on any atom is -0.497 e. The molecule has 0 radical (unpaired) electrons. The molecule has 0 atom stereocenters. The molecule has 0 amide bonds. The van der Waals surface area contributed by atoms with Crippen molar-refractivity contribution in [3.63, 3.8) is 0 Å². The van der Waals surface area contributed by atoms with Crippen molar-refractivity contribution in [2.24, 2.45) is 0 Å². The van der Waals surface area contributed by atoms with Crippen molar-refractivity contribution in [2.75, 3.05) is 12.8 Å². The van der Waals surface area contributed by atoms with Crippen LogP contribution in [0, 0.1) is 0 Å². The Balaban J connectivity index is 2.10. The summed E-state index contributed by atoms with van der Waals surface area (Å²) in [5.41, 5.74) is 8.87. The molecule has 5 heteroatoms. The molecule has 1 heterocycles. The predicted molar refractivity (Wildman–Crippen MR) is 69.8 cm³/mol. The zero-order valence-electron chi connectivity index (χ0n) is 9.87. The van der Waals surface area contributed by atoms with Gasteiger partial charge in [-0.3, -0.25) is 0 Å². The van der Waals surface area contributed by atoms with E-state index in [9.17, 15) is 0 Å². The molecule has 0 saturated heterocycles. The third-order valence-corrected chi connectivity index (χ3v) is 2.71. The van der Waals surface area contributed by atoms with Crippen molar-refractivity contribution in [2.45, 2.75) is 0 Å². The number of anilines is 1. The quantitative estimate of drug-likeness (QED) is 0.696. The van der Waals surface area contributed by atoms with Crippen LogP contribution in [0.1, 0.15) is 0 Å². The van der Waals surface area contributed by atoms with E-state index in [0.717, 1.165) is 28.2 Å². The van der Waals surface area contributed by atoms with E-state index >= 15 is 0 Å². The molecule has 2 N–H and O–H groups in total. The van der Waals surface area contributed by atoms with Crippen LogP contribution < -0.4 is 10.5 Å². The lowest BCUT2D eigenvalue weighted by atomic mass is 10.3. The Labute approximate surface area is 104 Å². The van der Waals surface area contributed by atoms with E-state index in [1.54, 1.807) is 11.9 Å². The first-order chi connectivity index (χ1) is 8.76. The van der Waals surface area contributed by atoms with Crippen LogP contribution in [0.5, 0.6) is 5.75 Å². The van der Waals surface area contributed by atoms with Gasteiger partial charge in [0.25, 0.3) is 0 Å². The minimum atomic E-state index is 0.720. The number of nitrogens with two attached hydrogens (primary N) is 1. The molecular formula is C13H12N4O. The third kappa shape index (κ3) is 1.75. The fourth-order valence-electron chi connectivity index (χ4n) is 1.74. The molecule has 90 valence electrons. The summed E-state index contributed by atoms with van der Waals surface area (Å²) in [5.74, 6) is 0.770. The van der Waals surface area contributed by atoms with Crippen LogP contribution in [0.15, 0.2) is 42.5 Å². The maximum absolute atomic E-state index is 5.65. The fraction of sp³-hybridized carbons (Fsp3) is 0.0769. The highest BCUT2D eigenvalue weighted by Crippen LogP contribution is 2.18. The van der Waals surface area contributed by atoms with E-state index in [4.69, 9.17) is 10.5 Å². The summed E-state index contributed by atoms with van der Waals surface area (Å²) in [6, 6.07) is 13.0. The van der Waals surface area contributed by atoms with Gasteiger partial charge in [0.05, 0.1) is 12.8 Å². The van der Waals surface area contributed by atoms with Gasteiger partial charge in [-0.25, -0.2) is 0 Å². The van der Waals surface area contributed by atoms with E-state index in [-0.39, 0.29) is 0 Å². The Hall–Kier alpha value is -2.56. The predicted octanol–water partition coefficient (Wildman–Crippen LogP) is 2.01. The first-order valence-electron chi connectivity index (χ1n) is 5.53. The number of ether oxygens (including phenoxy) is 1. The van der Waals surface area contributed by atoms with Crippen LogP contribution in [-0.2, 0) is 0 Å². The average Bonchev–Trinajstić information content (AvgIpc) is 2.82. The Morgan fingerprint density at radius 3 is 2.44 bits per heavy atom. The summed E-state index contributed by atoms with van der Waals surface area (Å²) >= 11 is 0. The first-order valence-corrected chi connectivity index (χ1v) is 5.53. The molecule has 3 rings (SSSR count). The second-order valence-corrected chi connectivity index (χ2v) is 3.94. The molecule has 0 unspecified atom stereocenters. The largest absolute Gasteiger partial charge is 0.497 e. The summed E-state index contributed by atoms with van der Waals surface area (Å²) in [5, 5.41) is 8.80. The lowest BCUT2D eigenvalue weighted by molar-refractivity contribution is 0.415. The fourth-order valence-corrected chi connectivity index (χ4v) is 1.74. The van der Waals surface area contributed by atoms with Crippen molar-refractivity contribution in [1.82, 2.24) is 15.0 Å². The molecule has 5 nitrogen and oxygen atoms in total. The van der Waals surface area contributed by atoms with Gasteiger partial charge in [-0.1, -0.05) is 0 Å². The van der Waals surface area contributed by atoms with Crippen molar-refractivity contribution >= 4 is 16.7 Å². The van der Waals surface area contributed by atoms with Crippen LogP contribution in [-0.4, -0.2) is 22.1 Å². The van der Waals surface area contributed by atoms with Crippen LogP contribution >= 0.6 is 0 Å². The van der Waals surface area contributed by atoms with Gasteiger partial charge in [0, 0.05) is 11.8 Å². The highest BCUT2D eigenvalue weighted by atomic mass is 16.5. The summed E-state index contributed by atoms with van der Waals surface area (Å²) in [7, 11) is 1.63. The molecule has 2 aromatic carbocycles. The van der Waals surface area contributed by atoms with Crippen molar-refractivity contribution in [1.29, 1.82) is 0 Å². The lowest BCUT2D eigenvalue weighted by Gasteiger charge is -1.98. The van der Waals surface area contributed by atoms with Crippen molar-refractivity contribution in [3.8, 4) is 11.4 Å². The standard InChI is InChI=1S/C13H12N4O/c1-18-11-6-7-12-13(8-11)16-17(15-12)10-4-2-9(14)3-5-10/h2-8H,14H2,1H3. The number of benzene rings is 2. The van der Waals surface area contributed by atoms with Gasteiger partial charge in [-0.05, 0) is 36.4 Å². The number of nitrogens with zero attached hydrogens (tertiary/aromatic N) is 3. The third-order valence-electron chi connectivity index (χ3n) is 2.71. The summed E-state index contributed by atoms with van der Waals surface area (Å²) < 4.78 is 5.16. The number of nitrogen functional groups attached to an aromatic ring is 1. The molecule has 1 aromatic heterocycles. The van der Waals surface area contributed by atoms with E-state index in [1.807, 2.05) is 42.5 Å². The summed E-state index contributed by atoms with van der Waals surface area (Å²) in [6.07, 6.45) is 0. The lowest BCUT2D eigenvalue weighted by Crippen LogP contribution is -1.98. The van der Waals surface area contributed by atoms with Crippen LogP contribution in [0.4, 0.5) is 5.69 Å². The Kier molecular flexibility index (Phi) is 2.37. The van der Waals surface area contributed by atoms with Gasteiger partial charge in [-0.15, -0.1) is 10.2 Å². The Morgan fingerprint density at radius 1 is 1.00 bits per heavy atom. The van der Waals surface area contributed by atoms with Gasteiger partial charge in [-0.2, -0.15) is 4.80 Å². The summed E-state index contributed by atoms with van der Waals surface area (Å²) in [4.78, 5) is 1.59. The second-order valence-electron chi connectivity index (χ2n) is 3.94. The van der Waals surface area contributed by atoms with Crippen LogP contribution in [0.25, 0.3) is 16.7 Å². The molecule has 0 saturated carbocycles. The van der Waals surface area contributed by atoms with Crippen LogP contribution in [0.3, 0.4) is 0 Å². The first kappa shape index (κ1) is 10.6. The Bertz CT molecular complexity index is 688. The monoisotopic (exact) mass is 240 g/mol. The van der Waals surface area contributed by atoms with E-state index < -0.39 is 0 Å². The van der Waals surface area contributed by atoms with E-state index in [2.05, 4.69) is 10.2 Å². The van der Waals surface area contributed by atoms with Gasteiger partial charge in [0.1, 0.15) is 16.8 Å². The number of hydrogen-bond acceptors (Lipinski definition) is 4. The topological polar surface area (TPSA) is 66.0 Å². The number of hydrogen-bond donors (Lipinski definition) is 1. The molecule has 0 aliphatic heterocycles. The normalized spacial score (nSPS) is 10.7. The van der Waals surface area contributed by atoms with Gasteiger partial charge >= 0.3 is 0 Å². The van der Waals surface area contributed by atoms with Crippen molar-refractivity contribution < 1.29 is 4.74 Å². The molecule has 0 fully saturated rings. The summed E-state index contributed by atoms with van der Waals surface area (Å²) in [6.45, 7) is 0. The van der Waals surface area contributed by atoms with Gasteiger partial charge in [0.15, 0.2) is 0 Å². The molecule has 3 aromatic rings. The van der Waals surface area contributed by atoms with E-state index in [0.29, 0.717) is 0 Å². The Morgan fingerprint density at radius 2 is 1.72 bits per heavy atom. The van der Waals surface area contributed by atoms with E-state index in [1.165, 1.54) is 0 Å². The van der Waals surface area contributed by atoms with Crippen LogP contribution in [0.2, 0.25) is 0 Å². The molecule has 0 aliphatic carbocycles. The smallest absolute Gasteiger partial charge is 0.121 e. The molecular weight excluding hydrogens is 228 g/mol. The minimum absolute atomic E-state index is 0.720. The second kappa shape index (κ2) is 4.03. The molecule has 18 heavy (non-hydrogen) atoms. The maximum Gasteiger partial charge on any atom is 0.121 e. The molecule has 0 spiro atoms. The number of rotatable bonds is 2.